The molecule has 0 saturated heterocycles. The van der Waals surface area contributed by atoms with Crippen molar-refractivity contribution in [3.05, 3.63) is 24.3 Å². The van der Waals surface area contributed by atoms with Crippen molar-refractivity contribution in [2.45, 2.75) is 206 Å². The maximum Gasteiger partial charge on any atom is 0.220 e. The van der Waals surface area contributed by atoms with Gasteiger partial charge in [-0.3, -0.25) is 4.79 Å². The van der Waals surface area contributed by atoms with E-state index >= 15 is 0 Å². The highest BCUT2D eigenvalue weighted by molar-refractivity contribution is 5.76. The van der Waals surface area contributed by atoms with Crippen molar-refractivity contribution >= 4 is 5.91 Å². The van der Waals surface area contributed by atoms with Crippen molar-refractivity contribution in [3.8, 4) is 0 Å². The molecule has 0 spiro atoms. The summed E-state index contributed by atoms with van der Waals surface area (Å²) >= 11 is 0. The van der Waals surface area contributed by atoms with Gasteiger partial charge in [-0.15, -0.1) is 0 Å². The third kappa shape index (κ3) is 32.6. The maximum absolute atomic E-state index is 12.5. The SMILES string of the molecule is CCCCCCCC/C=C\CCCCCCCCC(CN(C)C)C(CCCCCCCC/C=C\CCCCCCCC)C(N)=O. The van der Waals surface area contributed by atoms with Crippen LogP contribution < -0.4 is 5.73 Å². The number of rotatable bonds is 36. The van der Waals surface area contributed by atoms with E-state index in [4.69, 9.17) is 5.73 Å². The van der Waals surface area contributed by atoms with Gasteiger partial charge in [-0.2, -0.15) is 0 Å². The van der Waals surface area contributed by atoms with Crippen molar-refractivity contribution in [1.82, 2.24) is 4.90 Å². The molecule has 3 nitrogen and oxygen atoms in total. The van der Waals surface area contributed by atoms with Gasteiger partial charge < -0.3 is 10.6 Å². The Balaban J connectivity index is 3.93. The monoisotopic (exact) mass is 631 g/mol. The van der Waals surface area contributed by atoms with Gasteiger partial charge >= 0.3 is 0 Å². The summed E-state index contributed by atoms with van der Waals surface area (Å²) in [4.78, 5) is 14.7. The van der Waals surface area contributed by atoms with E-state index in [1.54, 1.807) is 0 Å². The summed E-state index contributed by atoms with van der Waals surface area (Å²) in [5, 5.41) is 0. The van der Waals surface area contributed by atoms with Crippen molar-refractivity contribution in [1.29, 1.82) is 0 Å². The fourth-order valence-corrected chi connectivity index (χ4v) is 6.76. The van der Waals surface area contributed by atoms with Gasteiger partial charge in [0.15, 0.2) is 0 Å². The maximum atomic E-state index is 12.5. The standard InChI is InChI=1S/C42H82N2O/c1-5-7-9-11-13-15-17-19-21-23-25-27-29-31-33-35-37-40(39-44(3)4)41(42(43)45)38-36-34-32-30-28-26-24-22-20-18-16-14-12-10-8-6-2/h19-22,40-41H,5-18,23-39H2,1-4H3,(H2,43,45)/b21-19-,22-20-. The lowest BCUT2D eigenvalue weighted by molar-refractivity contribution is -0.124. The lowest BCUT2D eigenvalue weighted by Gasteiger charge is -2.27. The van der Waals surface area contributed by atoms with Crippen molar-refractivity contribution < 1.29 is 4.79 Å². The largest absolute Gasteiger partial charge is 0.369 e. The second-order valence-electron chi connectivity index (χ2n) is 14.5. The highest BCUT2D eigenvalue weighted by atomic mass is 16.1. The van der Waals surface area contributed by atoms with E-state index in [2.05, 4.69) is 57.1 Å². The highest BCUT2D eigenvalue weighted by Gasteiger charge is 2.26. The molecule has 0 aromatic heterocycles. The first-order valence-electron chi connectivity index (χ1n) is 20.3. The molecular formula is C42H82N2O. The molecule has 0 rings (SSSR count). The number of carbonyl (C=O) groups is 1. The molecule has 0 aliphatic heterocycles. The molecule has 0 radical (unpaired) electrons. The first kappa shape index (κ1) is 43.9. The van der Waals surface area contributed by atoms with E-state index in [9.17, 15) is 4.79 Å². The van der Waals surface area contributed by atoms with Gasteiger partial charge in [0.2, 0.25) is 5.91 Å². The van der Waals surface area contributed by atoms with E-state index in [0.717, 1.165) is 25.8 Å². The van der Waals surface area contributed by atoms with Crippen molar-refractivity contribution in [2.24, 2.45) is 17.6 Å². The molecule has 2 unspecified atom stereocenters. The topological polar surface area (TPSA) is 46.3 Å². The van der Waals surface area contributed by atoms with E-state index in [1.165, 1.54) is 173 Å². The summed E-state index contributed by atoms with van der Waals surface area (Å²) in [6.45, 7) is 5.55. The van der Waals surface area contributed by atoms with E-state index < -0.39 is 0 Å². The van der Waals surface area contributed by atoms with Crippen LogP contribution in [0.15, 0.2) is 24.3 Å². The molecule has 0 aromatic carbocycles. The van der Waals surface area contributed by atoms with Crippen LogP contribution in [0.25, 0.3) is 0 Å². The number of hydrogen-bond donors (Lipinski definition) is 1. The van der Waals surface area contributed by atoms with Crippen molar-refractivity contribution in [2.75, 3.05) is 20.6 Å². The minimum atomic E-state index is -0.0702. The van der Waals surface area contributed by atoms with E-state index in [-0.39, 0.29) is 11.8 Å². The van der Waals surface area contributed by atoms with Gasteiger partial charge in [0, 0.05) is 12.5 Å². The van der Waals surface area contributed by atoms with E-state index in [0.29, 0.717) is 5.92 Å². The number of carbonyl (C=O) groups excluding carboxylic acids is 1. The lowest BCUT2D eigenvalue weighted by Crippen LogP contribution is -2.35. The van der Waals surface area contributed by atoms with Crippen LogP contribution in [0, 0.1) is 11.8 Å². The van der Waals surface area contributed by atoms with Gasteiger partial charge in [0.05, 0.1) is 0 Å². The fourth-order valence-electron chi connectivity index (χ4n) is 6.76. The van der Waals surface area contributed by atoms with Gasteiger partial charge in [0.1, 0.15) is 0 Å². The molecule has 1 amide bonds. The van der Waals surface area contributed by atoms with Crippen LogP contribution in [0.4, 0.5) is 0 Å². The first-order chi connectivity index (χ1) is 22.0. The first-order valence-corrected chi connectivity index (χ1v) is 20.3. The van der Waals surface area contributed by atoms with Gasteiger partial charge in [0.25, 0.3) is 0 Å². The quantitative estimate of drug-likeness (QED) is 0.0553. The summed E-state index contributed by atoms with van der Waals surface area (Å²) in [5.74, 6) is 0.365. The third-order valence-corrected chi connectivity index (χ3v) is 9.65. The predicted molar refractivity (Wildman–Crippen MR) is 203 cm³/mol. The smallest absolute Gasteiger partial charge is 0.220 e. The number of amides is 1. The second-order valence-corrected chi connectivity index (χ2v) is 14.5. The third-order valence-electron chi connectivity index (χ3n) is 9.65. The Morgan fingerprint density at radius 1 is 0.489 bits per heavy atom. The van der Waals surface area contributed by atoms with Gasteiger partial charge in [-0.05, 0) is 84.2 Å². The van der Waals surface area contributed by atoms with Crippen LogP contribution >= 0.6 is 0 Å². The Labute approximate surface area is 284 Å². The Morgan fingerprint density at radius 3 is 1.13 bits per heavy atom. The normalized spacial score (nSPS) is 13.4. The molecule has 0 heterocycles. The number of unbranched alkanes of at least 4 members (excludes halogenated alkanes) is 24. The summed E-state index contributed by atoms with van der Waals surface area (Å²) in [6.07, 6.45) is 48.9. The highest BCUT2D eigenvalue weighted by Crippen LogP contribution is 2.26. The number of nitrogens with two attached hydrogens (primary N) is 1. The zero-order valence-electron chi connectivity index (χ0n) is 31.3. The van der Waals surface area contributed by atoms with Gasteiger partial charge in [-0.1, -0.05) is 167 Å². The number of primary amides is 1. The Kier molecular flexibility index (Phi) is 34.9. The van der Waals surface area contributed by atoms with Crippen molar-refractivity contribution in [3.63, 3.8) is 0 Å². The minimum absolute atomic E-state index is 0.0345. The van der Waals surface area contributed by atoms with Crippen LogP contribution in [-0.4, -0.2) is 31.4 Å². The molecule has 0 bridgehead atoms. The molecule has 0 fully saturated rings. The zero-order valence-corrected chi connectivity index (χ0v) is 31.3. The molecule has 2 atom stereocenters. The second kappa shape index (κ2) is 35.8. The van der Waals surface area contributed by atoms with Crippen LogP contribution in [0.5, 0.6) is 0 Å². The fraction of sp³-hybridized carbons (Fsp3) is 0.881. The average Bonchev–Trinajstić information content (AvgIpc) is 3.01. The lowest BCUT2D eigenvalue weighted by atomic mass is 9.83. The van der Waals surface area contributed by atoms with Crippen LogP contribution in [-0.2, 0) is 4.79 Å². The average molecular weight is 631 g/mol. The molecule has 0 saturated carbocycles. The van der Waals surface area contributed by atoms with Crippen LogP contribution in [0.3, 0.4) is 0 Å². The molecule has 45 heavy (non-hydrogen) atoms. The van der Waals surface area contributed by atoms with Gasteiger partial charge in [-0.25, -0.2) is 0 Å². The number of nitrogens with zero attached hydrogens (tertiary/aromatic N) is 1. The Hall–Kier alpha value is -1.09. The zero-order chi connectivity index (χ0) is 33.1. The molecule has 2 N–H and O–H groups in total. The molecule has 0 aliphatic rings. The minimum Gasteiger partial charge on any atom is -0.369 e. The summed E-state index contributed by atoms with van der Waals surface area (Å²) in [6, 6.07) is 0. The van der Waals surface area contributed by atoms with Crippen LogP contribution in [0.2, 0.25) is 0 Å². The molecule has 266 valence electrons. The van der Waals surface area contributed by atoms with Crippen LogP contribution in [0.1, 0.15) is 206 Å². The Morgan fingerprint density at radius 2 is 0.800 bits per heavy atom. The summed E-state index contributed by atoms with van der Waals surface area (Å²) in [7, 11) is 4.27. The molecule has 0 aromatic rings. The summed E-state index contributed by atoms with van der Waals surface area (Å²) < 4.78 is 0. The molecule has 0 aliphatic carbocycles. The molecular weight excluding hydrogens is 548 g/mol. The van der Waals surface area contributed by atoms with E-state index in [1.807, 2.05) is 0 Å². The predicted octanol–water partition coefficient (Wildman–Crippen LogP) is 13.1. The Bertz CT molecular complexity index is 655. The number of allylic oxidation sites excluding steroid dienone is 4. The summed E-state index contributed by atoms with van der Waals surface area (Å²) in [5.41, 5.74) is 5.97. The molecule has 3 heteroatoms. The number of hydrogen-bond acceptors (Lipinski definition) is 2.